The van der Waals surface area contributed by atoms with Crippen LogP contribution in [0, 0.1) is 6.92 Å². The second-order valence-corrected chi connectivity index (χ2v) is 7.86. The topological polar surface area (TPSA) is 56.5 Å². The quantitative estimate of drug-likeness (QED) is 0.501. The minimum Gasteiger partial charge on any atom is -0.490 e. The minimum absolute atomic E-state index is 0.0347. The molecule has 0 saturated carbocycles. The van der Waals surface area contributed by atoms with Gasteiger partial charge in [-0.25, -0.2) is 4.98 Å². The Morgan fingerprint density at radius 2 is 1.85 bits per heavy atom. The molecule has 0 aliphatic heterocycles. The third-order valence-corrected chi connectivity index (χ3v) is 4.60. The lowest BCUT2D eigenvalue weighted by Gasteiger charge is -2.12. The van der Waals surface area contributed by atoms with Gasteiger partial charge in [0.15, 0.2) is 0 Å². The van der Waals surface area contributed by atoms with Crippen molar-refractivity contribution in [3.63, 3.8) is 0 Å². The molecule has 0 aliphatic carbocycles. The van der Waals surface area contributed by atoms with Gasteiger partial charge in [0.25, 0.3) is 5.56 Å². The zero-order valence-corrected chi connectivity index (χ0v) is 17.7. The van der Waals surface area contributed by atoms with Crippen LogP contribution in [0.25, 0.3) is 10.9 Å². The van der Waals surface area contributed by atoms with Crippen LogP contribution in [0.2, 0.25) is 0 Å². The van der Waals surface area contributed by atoms with Crippen molar-refractivity contribution < 1.29 is 4.74 Å². The van der Waals surface area contributed by atoms with Gasteiger partial charge in [-0.05, 0) is 57.2 Å². The van der Waals surface area contributed by atoms with Crippen LogP contribution in [-0.4, -0.2) is 22.0 Å². The fourth-order valence-corrected chi connectivity index (χ4v) is 3.24. The van der Waals surface area contributed by atoms with Crippen molar-refractivity contribution in [2.45, 2.75) is 26.9 Å². The van der Waals surface area contributed by atoms with Crippen LogP contribution in [0.5, 0.6) is 5.75 Å². The average molecular weight is 479 g/mol. The Morgan fingerprint density at radius 3 is 2.58 bits per heavy atom. The maximum atomic E-state index is 12.8. The SMILES string of the molecule is Cc1nc2ccc(Br)cc2c(=O)n1N=Cc1cc(Br)ccc1OC(C)C. The monoisotopic (exact) mass is 477 g/mol. The molecule has 0 atom stereocenters. The van der Waals surface area contributed by atoms with Crippen molar-refractivity contribution >= 4 is 49.0 Å². The molecule has 0 spiro atoms. The fraction of sp³-hybridized carbons (Fsp3) is 0.211. The van der Waals surface area contributed by atoms with Crippen LogP contribution in [0.1, 0.15) is 25.2 Å². The van der Waals surface area contributed by atoms with Gasteiger partial charge in [-0.15, -0.1) is 0 Å². The normalized spacial score (nSPS) is 11.6. The third kappa shape index (κ3) is 4.04. The molecule has 1 heterocycles. The molecule has 0 amide bonds. The van der Waals surface area contributed by atoms with Crippen LogP contribution >= 0.6 is 31.9 Å². The summed E-state index contributed by atoms with van der Waals surface area (Å²) < 4.78 is 8.84. The summed E-state index contributed by atoms with van der Waals surface area (Å²) in [6.45, 7) is 5.68. The Labute approximate surface area is 168 Å². The van der Waals surface area contributed by atoms with Crippen LogP contribution in [0.15, 0.2) is 55.2 Å². The third-order valence-electron chi connectivity index (χ3n) is 3.62. The van der Waals surface area contributed by atoms with Crippen molar-refractivity contribution in [1.82, 2.24) is 9.66 Å². The van der Waals surface area contributed by atoms with Crippen molar-refractivity contribution in [2.24, 2.45) is 5.10 Å². The van der Waals surface area contributed by atoms with E-state index in [0.717, 1.165) is 14.5 Å². The summed E-state index contributed by atoms with van der Waals surface area (Å²) in [5.41, 5.74) is 1.20. The summed E-state index contributed by atoms with van der Waals surface area (Å²) in [6, 6.07) is 11.1. The second-order valence-electron chi connectivity index (χ2n) is 6.03. The molecule has 0 unspecified atom stereocenters. The molecule has 1 aromatic heterocycles. The van der Waals surface area contributed by atoms with Crippen LogP contribution in [0.4, 0.5) is 0 Å². The number of aryl methyl sites for hydroxylation is 1. The summed E-state index contributed by atoms with van der Waals surface area (Å²) in [7, 11) is 0. The van der Waals surface area contributed by atoms with Crippen molar-refractivity contribution in [3.05, 3.63) is 67.1 Å². The minimum atomic E-state index is -0.216. The number of nitrogens with zero attached hydrogens (tertiary/aromatic N) is 3. The zero-order chi connectivity index (χ0) is 18.8. The number of halogens is 2. The van der Waals surface area contributed by atoms with Gasteiger partial charge in [-0.2, -0.15) is 9.78 Å². The Kier molecular flexibility index (Phi) is 5.58. The van der Waals surface area contributed by atoms with Crippen molar-refractivity contribution in [3.8, 4) is 5.75 Å². The van der Waals surface area contributed by atoms with E-state index in [4.69, 9.17) is 4.74 Å². The van der Waals surface area contributed by atoms with E-state index in [2.05, 4.69) is 41.9 Å². The molecule has 0 saturated heterocycles. The molecular formula is C19H17Br2N3O2. The first kappa shape index (κ1) is 18.8. The Hall–Kier alpha value is -1.99. The number of hydrogen-bond donors (Lipinski definition) is 0. The van der Waals surface area contributed by atoms with Gasteiger partial charge in [-0.3, -0.25) is 4.79 Å². The molecule has 3 rings (SSSR count). The molecule has 0 aliphatic rings. The lowest BCUT2D eigenvalue weighted by molar-refractivity contribution is 0.242. The maximum absolute atomic E-state index is 12.8. The van der Waals surface area contributed by atoms with Crippen molar-refractivity contribution in [2.75, 3.05) is 0 Å². The number of ether oxygens (including phenoxy) is 1. The predicted molar refractivity (Wildman–Crippen MR) is 111 cm³/mol. The molecule has 7 heteroatoms. The number of hydrogen-bond acceptors (Lipinski definition) is 4. The molecule has 26 heavy (non-hydrogen) atoms. The standard InChI is InChI=1S/C19H17Br2N3O2/c1-11(2)26-18-7-5-14(20)8-13(18)10-22-24-12(3)23-17-6-4-15(21)9-16(17)19(24)25/h4-11H,1-3H3. The Balaban J connectivity index is 2.09. The highest BCUT2D eigenvalue weighted by Crippen LogP contribution is 2.23. The summed E-state index contributed by atoms with van der Waals surface area (Å²) in [5.74, 6) is 1.22. The summed E-state index contributed by atoms with van der Waals surface area (Å²) >= 11 is 6.84. The zero-order valence-electron chi connectivity index (χ0n) is 14.5. The van der Waals surface area contributed by atoms with E-state index in [1.165, 1.54) is 4.68 Å². The smallest absolute Gasteiger partial charge is 0.282 e. The molecule has 0 fully saturated rings. The summed E-state index contributed by atoms with van der Waals surface area (Å²) in [4.78, 5) is 17.3. The average Bonchev–Trinajstić information content (AvgIpc) is 2.57. The highest BCUT2D eigenvalue weighted by atomic mass is 79.9. The Bertz CT molecular complexity index is 1060. The summed E-state index contributed by atoms with van der Waals surface area (Å²) in [6.07, 6.45) is 1.65. The first-order valence-electron chi connectivity index (χ1n) is 8.04. The lowest BCUT2D eigenvalue weighted by Crippen LogP contribution is -2.20. The van der Waals surface area contributed by atoms with Crippen molar-refractivity contribution in [1.29, 1.82) is 0 Å². The number of rotatable bonds is 4. The molecule has 134 valence electrons. The van der Waals surface area contributed by atoms with E-state index in [9.17, 15) is 4.79 Å². The molecule has 5 nitrogen and oxygen atoms in total. The van der Waals surface area contributed by atoms with E-state index in [0.29, 0.717) is 22.5 Å². The van der Waals surface area contributed by atoms with E-state index in [1.54, 1.807) is 19.2 Å². The van der Waals surface area contributed by atoms with Gasteiger partial charge in [0.05, 0.1) is 23.2 Å². The Morgan fingerprint density at radius 1 is 1.15 bits per heavy atom. The fourth-order valence-electron chi connectivity index (χ4n) is 2.50. The van der Waals surface area contributed by atoms with Gasteiger partial charge in [0, 0.05) is 14.5 Å². The largest absolute Gasteiger partial charge is 0.490 e. The predicted octanol–water partition coefficient (Wildman–Crippen LogP) is 4.90. The maximum Gasteiger partial charge on any atom is 0.282 e. The molecule has 0 radical (unpaired) electrons. The van der Waals surface area contributed by atoms with Crippen LogP contribution < -0.4 is 10.3 Å². The first-order chi connectivity index (χ1) is 12.3. The molecule has 3 aromatic rings. The lowest BCUT2D eigenvalue weighted by atomic mass is 10.2. The molecular weight excluding hydrogens is 462 g/mol. The van der Waals surface area contributed by atoms with E-state index >= 15 is 0 Å². The van der Waals surface area contributed by atoms with E-state index < -0.39 is 0 Å². The number of aromatic nitrogens is 2. The number of fused-ring (bicyclic) bond motifs is 1. The van der Waals surface area contributed by atoms with Crippen LogP contribution in [-0.2, 0) is 0 Å². The van der Waals surface area contributed by atoms with Gasteiger partial charge < -0.3 is 4.74 Å². The van der Waals surface area contributed by atoms with Gasteiger partial charge in [0.2, 0.25) is 0 Å². The highest BCUT2D eigenvalue weighted by molar-refractivity contribution is 9.10. The van der Waals surface area contributed by atoms with E-state index in [-0.39, 0.29) is 11.7 Å². The summed E-state index contributed by atoms with van der Waals surface area (Å²) in [5, 5.41) is 4.87. The van der Waals surface area contributed by atoms with Gasteiger partial charge in [0.1, 0.15) is 11.6 Å². The van der Waals surface area contributed by atoms with Gasteiger partial charge in [-0.1, -0.05) is 31.9 Å². The van der Waals surface area contributed by atoms with Crippen LogP contribution in [0.3, 0.4) is 0 Å². The highest BCUT2D eigenvalue weighted by Gasteiger charge is 2.09. The number of benzene rings is 2. The molecule has 2 aromatic carbocycles. The van der Waals surface area contributed by atoms with E-state index in [1.807, 2.05) is 44.2 Å². The first-order valence-corrected chi connectivity index (χ1v) is 9.63. The molecule has 0 N–H and O–H groups in total. The second kappa shape index (κ2) is 7.72. The van der Waals surface area contributed by atoms with Gasteiger partial charge >= 0.3 is 0 Å². The molecule has 0 bridgehead atoms.